The Bertz CT molecular complexity index is 481. The van der Waals surface area contributed by atoms with E-state index in [2.05, 4.69) is 4.98 Å². The maximum absolute atomic E-state index is 11.4. The molecule has 0 amide bonds. The molecule has 0 aliphatic rings. The standard InChI is InChI=1S/C10H15NO5S/c1-14-9-8(10(15-2)16-3)5-7(6-11-9)17(4,12)13/h5-6,10H,1-4H3. The second-order valence-electron chi connectivity index (χ2n) is 3.35. The van der Waals surface area contributed by atoms with Crippen LogP contribution in [0.2, 0.25) is 0 Å². The second kappa shape index (κ2) is 5.44. The van der Waals surface area contributed by atoms with E-state index in [0.717, 1.165) is 6.26 Å². The number of hydrogen-bond donors (Lipinski definition) is 0. The average molecular weight is 261 g/mol. The van der Waals surface area contributed by atoms with Gasteiger partial charge in [0.05, 0.1) is 17.6 Å². The fraction of sp³-hybridized carbons (Fsp3) is 0.500. The molecule has 0 saturated heterocycles. The summed E-state index contributed by atoms with van der Waals surface area (Å²) < 4.78 is 38.0. The summed E-state index contributed by atoms with van der Waals surface area (Å²) in [6, 6.07) is 1.43. The number of pyridine rings is 1. The molecule has 17 heavy (non-hydrogen) atoms. The Kier molecular flexibility index (Phi) is 4.44. The van der Waals surface area contributed by atoms with Crippen LogP contribution < -0.4 is 4.74 Å². The highest BCUT2D eigenvalue weighted by molar-refractivity contribution is 7.90. The molecule has 0 spiro atoms. The third-order valence-corrected chi connectivity index (χ3v) is 3.24. The first kappa shape index (κ1) is 13.9. The molecule has 0 fully saturated rings. The van der Waals surface area contributed by atoms with Crippen LogP contribution in [-0.2, 0) is 19.3 Å². The van der Waals surface area contributed by atoms with E-state index in [9.17, 15) is 8.42 Å². The van der Waals surface area contributed by atoms with E-state index >= 15 is 0 Å². The lowest BCUT2D eigenvalue weighted by Crippen LogP contribution is -2.09. The van der Waals surface area contributed by atoms with Gasteiger partial charge in [0.2, 0.25) is 5.88 Å². The Morgan fingerprint density at radius 3 is 2.24 bits per heavy atom. The Labute approximate surface area is 100 Å². The summed E-state index contributed by atoms with van der Waals surface area (Å²) in [5.41, 5.74) is 0.431. The molecule has 1 aromatic heterocycles. The Morgan fingerprint density at radius 2 is 1.82 bits per heavy atom. The van der Waals surface area contributed by atoms with Crippen molar-refractivity contribution in [3.8, 4) is 5.88 Å². The SMILES string of the molecule is COc1ncc(S(C)(=O)=O)cc1C(OC)OC. The minimum Gasteiger partial charge on any atom is -0.481 e. The molecular formula is C10H15NO5S. The van der Waals surface area contributed by atoms with E-state index in [-0.39, 0.29) is 10.8 Å². The van der Waals surface area contributed by atoms with Crippen LogP contribution in [0.15, 0.2) is 17.2 Å². The molecule has 0 radical (unpaired) electrons. The summed E-state index contributed by atoms with van der Waals surface area (Å²) in [5.74, 6) is 0.270. The van der Waals surface area contributed by atoms with E-state index in [0.29, 0.717) is 5.56 Å². The summed E-state index contributed by atoms with van der Waals surface area (Å²) in [5, 5.41) is 0. The fourth-order valence-corrected chi connectivity index (χ4v) is 1.93. The molecule has 0 aromatic carbocycles. The molecule has 1 rings (SSSR count). The number of nitrogens with zero attached hydrogens (tertiary/aromatic N) is 1. The van der Waals surface area contributed by atoms with Gasteiger partial charge in [-0.2, -0.15) is 0 Å². The quantitative estimate of drug-likeness (QED) is 0.729. The highest BCUT2D eigenvalue weighted by Crippen LogP contribution is 2.27. The highest BCUT2D eigenvalue weighted by Gasteiger charge is 2.19. The number of sulfone groups is 1. The van der Waals surface area contributed by atoms with Gasteiger partial charge in [-0.05, 0) is 6.07 Å². The molecule has 0 N–H and O–H groups in total. The number of methoxy groups -OCH3 is 3. The van der Waals surface area contributed by atoms with Gasteiger partial charge in [0.25, 0.3) is 0 Å². The summed E-state index contributed by atoms with van der Waals surface area (Å²) in [4.78, 5) is 4.01. The largest absolute Gasteiger partial charge is 0.481 e. The van der Waals surface area contributed by atoms with Crippen LogP contribution in [0.3, 0.4) is 0 Å². The van der Waals surface area contributed by atoms with Crippen LogP contribution in [0.1, 0.15) is 11.9 Å². The van der Waals surface area contributed by atoms with Crippen molar-refractivity contribution in [3.05, 3.63) is 17.8 Å². The third kappa shape index (κ3) is 3.15. The number of ether oxygens (including phenoxy) is 3. The summed E-state index contributed by atoms with van der Waals surface area (Å²) in [6.45, 7) is 0. The lowest BCUT2D eigenvalue weighted by atomic mass is 10.2. The van der Waals surface area contributed by atoms with Gasteiger partial charge in [0.15, 0.2) is 16.1 Å². The number of rotatable bonds is 5. The second-order valence-corrected chi connectivity index (χ2v) is 5.36. The molecular weight excluding hydrogens is 246 g/mol. The molecule has 6 nitrogen and oxygen atoms in total. The van der Waals surface area contributed by atoms with Gasteiger partial charge in [0.1, 0.15) is 0 Å². The van der Waals surface area contributed by atoms with E-state index in [1.165, 1.54) is 33.6 Å². The summed E-state index contributed by atoms with van der Waals surface area (Å²) in [7, 11) is 1.000. The molecule has 0 bridgehead atoms. The van der Waals surface area contributed by atoms with Gasteiger partial charge < -0.3 is 14.2 Å². The van der Waals surface area contributed by atoms with E-state index in [4.69, 9.17) is 14.2 Å². The van der Waals surface area contributed by atoms with Crippen LogP contribution in [0.5, 0.6) is 5.88 Å². The van der Waals surface area contributed by atoms with Crippen molar-refractivity contribution in [1.29, 1.82) is 0 Å². The van der Waals surface area contributed by atoms with Gasteiger partial charge in [-0.15, -0.1) is 0 Å². The van der Waals surface area contributed by atoms with Crippen molar-refractivity contribution in [2.75, 3.05) is 27.6 Å². The van der Waals surface area contributed by atoms with Crippen LogP contribution in [0, 0.1) is 0 Å². The molecule has 0 aliphatic heterocycles. The van der Waals surface area contributed by atoms with Crippen molar-refractivity contribution in [3.63, 3.8) is 0 Å². The van der Waals surface area contributed by atoms with E-state index in [1.54, 1.807) is 0 Å². The van der Waals surface area contributed by atoms with Gasteiger partial charge in [-0.3, -0.25) is 0 Å². The molecule has 0 unspecified atom stereocenters. The van der Waals surface area contributed by atoms with Crippen LogP contribution >= 0.6 is 0 Å². The predicted molar refractivity (Wildman–Crippen MR) is 60.7 cm³/mol. The zero-order valence-corrected chi connectivity index (χ0v) is 10.9. The lowest BCUT2D eigenvalue weighted by molar-refractivity contribution is -0.107. The zero-order valence-electron chi connectivity index (χ0n) is 10.1. The third-order valence-electron chi connectivity index (χ3n) is 2.16. The fourth-order valence-electron chi connectivity index (χ4n) is 1.34. The molecule has 0 saturated carbocycles. The van der Waals surface area contributed by atoms with Gasteiger partial charge >= 0.3 is 0 Å². The van der Waals surface area contributed by atoms with E-state index < -0.39 is 16.1 Å². The zero-order chi connectivity index (χ0) is 13.1. The summed E-state index contributed by atoms with van der Waals surface area (Å²) in [6.07, 6.45) is 1.62. The first-order valence-electron chi connectivity index (χ1n) is 4.73. The minimum absolute atomic E-state index is 0.0902. The number of aromatic nitrogens is 1. The first-order chi connectivity index (χ1) is 7.93. The van der Waals surface area contributed by atoms with Crippen molar-refractivity contribution < 1.29 is 22.6 Å². The molecule has 0 atom stereocenters. The molecule has 1 heterocycles. The summed E-state index contributed by atoms with van der Waals surface area (Å²) >= 11 is 0. The maximum Gasteiger partial charge on any atom is 0.221 e. The van der Waals surface area contributed by atoms with Crippen LogP contribution in [-0.4, -0.2) is 41.0 Å². The Morgan fingerprint density at radius 1 is 1.24 bits per heavy atom. The monoisotopic (exact) mass is 261 g/mol. The van der Waals surface area contributed by atoms with E-state index in [1.807, 2.05) is 0 Å². The normalized spacial score (nSPS) is 11.8. The van der Waals surface area contributed by atoms with Crippen LogP contribution in [0.25, 0.3) is 0 Å². The maximum atomic E-state index is 11.4. The number of hydrogen-bond acceptors (Lipinski definition) is 6. The highest BCUT2D eigenvalue weighted by atomic mass is 32.2. The van der Waals surface area contributed by atoms with Crippen LogP contribution in [0.4, 0.5) is 0 Å². The first-order valence-corrected chi connectivity index (χ1v) is 6.62. The topological polar surface area (TPSA) is 74.7 Å². The molecule has 7 heteroatoms. The van der Waals surface area contributed by atoms with Crippen molar-refractivity contribution in [1.82, 2.24) is 4.98 Å². The lowest BCUT2D eigenvalue weighted by Gasteiger charge is -2.16. The average Bonchev–Trinajstić information content (AvgIpc) is 2.29. The molecule has 96 valence electrons. The van der Waals surface area contributed by atoms with Gasteiger partial charge in [0, 0.05) is 26.7 Å². The van der Waals surface area contributed by atoms with Crippen molar-refractivity contribution >= 4 is 9.84 Å². The smallest absolute Gasteiger partial charge is 0.221 e. The van der Waals surface area contributed by atoms with Crippen molar-refractivity contribution in [2.24, 2.45) is 0 Å². The minimum atomic E-state index is -3.33. The van der Waals surface area contributed by atoms with Gasteiger partial charge in [-0.1, -0.05) is 0 Å². The Balaban J connectivity index is 3.34. The van der Waals surface area contributed by atoms with Gasteiger partial charge in [-0.25, -0.2) is 13.4 Å². The predicted octanol–water partition coefficient (Wildman–Crippen LogP) is 0.785. The Hall–Kier alpha value is -1.18. The molecule has 1 aromatic rings. The van der Waals surface area contributed by atoms with Crippen molar-refractivity contribution in [2.45, 2.75) is 11.2 Å². The molecule has 0 aliphatic carbocycles.